The van der Waals surface area contributed by atoms with Gasteiger partial charge in [-0.25, -0.2) is 0 Å². The second kappa shape index (κ2) is 7.14. The zero-order chi connectivity index (χ0) is 11.0. The Morgan fingerprint density at radius 2 is 2.14 bits per heavy atom. The Morgan fingerprint density at radius 1 is 1.50 bits per heavy atom. The summed E-state index contributed by atoms with van der Waals surface area (Å²) in [6.07, 6.45) is 1.62. The van der Waals surface area contributed by atoms with Crippen molar-refractivity contribution in [1.29, 1.82) is 0 Å². The van der Waals surface area contributed by atoms with Gasteiger partial charge >= 0.3 is 5.97 Å². The van der Waals surface area contributed by atoms with Crippen LogP contribution in [0.25, 0.3) is 10.4 Å². The molecule has 1 unspecified atom stereocenters. The van der Waals surface area contributed by atoms with E-state index >= 15 is 0 Å². The molecule has 0 bridgehead atoms. The summed E-state index contributed by atoms with van der Waals surface area (Å²) in [5.41, 5.74) is 18.9. The number of carboxylic acid groups (broad SMARTS) is 1. The first-order valence-electron chi connectivity index (χ1n) is 4.32. The highest BCUT2D eigenvalue weighted by atomic mass is 16.4. The standard InChI is InChI=1S/C7H15N5O2/c8-5(4-11-12-10)2-1-3-6(9)7(13)14/h5-6H,1-4,8-9H2,(H,13,14)/t5?,6-/m1/s1. The molecule has 0 radical (unpaired) electrons. The van der Waals surface area contributed by atoms with Gasteiger partial charge in [-0.3, -0.25) is 4.79 Å². The highest BCUT2D eigenvalue weighted by Crippen LogP contribution is 2.02. The number of rotatable bonds is 7. The molecule has 5 N–H and O–H groups in total. The Kier molecular flexibility index (Phi) is 6.47. The maximum Gasteiger partial charge on any atom is 0.320 e. The van der Waals surface area contributed by atoms with Crippen molar-refractivity contribution in [3.05, 3.63) is 10.4 Å². The molecule has 0 amide bonds. The Bertz CT molecular complexity index is 226. The Labute approximate surface area is 81.7 Å². The predicted octanol–water partition coefficient (Wildman–Crippen LogP) is 0.206. The normalized spacial score (nSPS) is 14.1. The molecule has 7 nitrogen and oxygen atoms in total. The van der Waals surface area contributed by atoms with E-state index in [1.165, 1.54) is 0 Å². The van der Waals surface area contributed by atoms with E-state index in [1.807, 2.05) is 0 Å². The van der Waals surface area contributed by atoms with Crippen molar-refractivity contribution in [2.45, 2.75) is 31.3 Å². The Balaban J connectivity index is 3.53. The summed E-state index contributed by atoms with van der Waals surface area (Å²) in [6, 6.07) is -1.05. The molecule has 0 aromatic heterocycles. The van der Waals surface area contributed by atoms with Crippen LogP contribution >= 0.6 is 0 Å². The van der Waals surface area contributed by atoms with Crippen LogP contribution in [0.15, 0.2) is 5.11 Å². The fourth-order valence-electron chi connectivity index (χ4n) is 0.956. The molecule has 0 aliphatic heterocycles. The molecule has 0 fully saturated rings. The first-order valence-corrected chi connectivity index (χ1v) is 4.32. The molecular formula is C7H15N5O2. The van der Waals surface area contributed by atoms with E-state index in [-0.39, 0.29) is 12.6 Å². The number of hydrogen-bond donors (Lipinski definition) is 3. The molecule has 14 heavy (non-hydrogen) atoms. The van der Waals surface area contributed by atoms with Gasteiger partial charge in [0.05, 0.1) is 0 Å². The molecule has 7 heteroatoms. The van der Waals surface area contributed by atoms with Gasteiger partial charge in [0.2, 0.25) is 0 Å². The summed E-state index contributed by atoms with van der Waals surface area (Å²) in [7, 11) is 0. The molecule has 0 rings (SSSR count). The van der Waals surface area contributed by atoms with E-state index in [1.54, 1.807) is 0 Å². The van der Waals surface area contributed by atoms with Gasteiger partial charge in [-0.1, -0.05) is 5.11 Å². The highest BCUT2D eigenvalue weighted by Gasteiger charge is 2.11. The monoisotopic (exact) mass is 201 g/mol. The molecule has 0 aliphatic carbocycles. The summed E-state index contributed by atoms with van der Waals surface area (Å²) < 4.78 is 0. The van der Waals surface area contributed by atoms with E-state index < -0.39 is 12.0 Å². The first kappa shape index (κ1) is 12.7. The van der Waals surface area contributed by atoms with Crippen molar-refractivity contribution in [2.24, 2.45) is 16.6 Å². The van der Waals surface area contributed by atoms with Crippen molar-refractivity contribution >= 4 is 5.97 Å². The van der Waals surface area contributed by atoms with Crippen molar-refractivity contribution in [3.63, 3.8) is 0 Å². The van der Waals surface area contributed by atoms with Crippen LogP contribution < -0.4 is 11.5 Å². The fourth-order valence-corrected chi connectivity index (χ4v) is 0.956. The van der Waals surface area contributed by atoms with Crippen LogP contribution in [-0.4, -0.2) is 29.7 Å². The molecule has 0 aromatic carbocycles. The van der Waals surface area contributed by atoms with Gasteiger partial charge in [0.15, 0.2) is 0 Å². The largest absolute Gasteiger partial charge is 0.480 e. The molecule has 0 aromatic rings. The molecule has 0 saturated carbocycles. The maximum absolute atomic E-state index is 10.3. The van der Waals surface area contributed by atoms with Crippen molar-refractivity contribution in [3.8, 4) is 0 Å². The lowest BCUT2D eigenvalue weighted by molar-refractivity contribution is -0.138. The first-order chi connectivity index (χ1) is 6.57. The van der Waals surface area contributed by atoms with Crippen molar-refractivity contribution < 1.29 is 9.90 Å². The Morgan fingerprint density at radius 3 is 2.64 bits per heavy atom. The zero-order valence-corrected chi connectivity index (χ0v) is 7.83. The topological polar surface area (TPSA) is 138 Å². The summed E-state index contributed by atoms with van der Waals surface area (Å²) in [5.74, 6) is -1.01. The van der Waals surface area contributed by atoms with Gasteiger partial charge in [0.1, 0.15) is 6.04 Å². The van der Waals surface area contributed by atoms with Crippen LogP contribution in [0.3, 0.4) is 0 Å². The average Bonchev–Trinajstić information content (AvgIpc) is 2.14. The lowest BCUT2D eigenvalue weighted by Crippen LogP contribution is -2.31. The van der Waals surface area contributed by atoms with Crippen LogP contribution in [0.5, 0.6) is 0 Å². The lowest BCUT2D eigenvalue weighted by atomic mass is 10.1. The zero-order valence-electron chi connectivity index (χ0n) is 7.83. The molecule has 0 saturated heterocycles. The van der Waals surface area contributed by atoms with Crippen LogP contribution in [0, 0.1) is 0 Å². The van der Waals surface area contributed by atoms with E-state index in [9.17, 15) is 4.79 Å². The van der Waals surface area contributed by atoms with E-state index in [0.717, 1.165) is 0 Å². The van der Waals surface area contributed by atoms with Crippen molar-refractivity contribution in [1.82, 2.24) is 0 Å². The number of azide groups is 1. The summed E-state index contributed by atoms with van der Waals surface area (Å²) in [4.78, 5) is 12.9. The molecular weight excluding hydrogens is 186 g/mol. The molecule has 0 heterocycles. The molecule has 80 valence electrons. The average molecular weight is 201 g/mol. The Hall–Kier alpha value is -1.30. The number of carbonyl (C=O) groups is 1. The number of nitrogens with zero attached hydrogens (tertiary/aromatic N) is 3. The van der Waals surface area contributed by atoms with Gasteiger partial charge in [-0.15, -0.1) is 0 Å². The molecule has 0 spiro atoms. The molecule has 2 atom stereocenters. The van der Waals surface area contributed by atoms with Gasteiger partial charge in [0, 0.05) is 17.5 Å². The van der Waals surface area contributed by atoms with E-state index in [2.05, 4.69) is 10.0 Å². The second-order valence-corrected chi connectivity index (χ2v) is 3.05. The van der Waals surface area contributed by atoms with Crippen LogP contribution in [0.4, 0.5) is 0 Å². The van der Waals surface area contributed by atoms with Gasteiger partial charge in [-0.05, 0) is 24.8 Å². The minimum atomic E-state index is -1.01. The van der Waals surface area contributed by atoms with Crippen molar-refractivity contribution in [2.75, 3.05) is 6.54 Å². The van der Waals surface area contributed by atoms with Crippen LogP contribution in [-0.2, 0) is 4.79 Å². The van der Waals surface area contributed by atoms with Gasteiger partial charge < -0.3 is 16.6 Å². The third kappa shape index (κ3) is 6.24. The van der Waals surface area contributed by atoms with Crippen LogP contribution in [0.1, 0.15) is 19.3 Å². The second-order valence-electron chi connectivity index (χ2n) is 3.05. The number of nitrogens with two attached hydrogens (primary N) is 2. The third-order valence-corrected chi connectivity index (χ3v) is 1.79. The van der Waals surface area contributed by atoms with Crippen LogP contribution in [0.2, 0.25) is 0 Å². The minimum absolute atomic E-state index is 0.216. The highest BCUT2D eigenvalue weighted by molar-refractivity contribution is 5.72. The SMILES string of the molecule is [N-]=[N+]=NCC(N)CCC[C@@H](N)C(=O)O. The summed E-state index contributed by atoms with van der Waals surface area (Å²) in [5, 5.41) is 11.8. The number of hydrogen-bond acceptors (Lipinski definition) is 4. The van der Waals surface area contributed by atoms with E-state index in [0.29, 0.717) is 19.3 Å². The summed E-state index contributed by atoms with van der Waals surface area (Å²) in [6.45, 7) is 0.235. The maximum atomic E-state index is 10.3. The number of aliphatic carboxylic acids is 1. The summed E-state index contributed by atoms with van der Waals surface area (Å²) >= 11 is 0. The third-order valence-electron chi connectivity index (χ3n) is 1.79. The lowest BCUT2D eigenvalue weighted by Gasteiger charge is -2.09. The fraction of sp³-hybridized carbons (Fsp3) is 0.857. The predicted molar refractivity (Wildman–Crippen MR) is 51.5 cm³/mol. The smallest absolute Gasteiger partial charge is 0.320 e. The number of carboxylic acids is 1. The molecule has 0 aliphatic rings. The van der Waals surface area contributed by atoms with E-state index in [4.69, 9.17) is 22.1 Å². The van der Waals surface area contributed by atoms with Gasteiger partial charge in [-0.2, -0.15) is 0 Å². The van der Waals surface area contributed by atoms with Gasteiger partial charge in [0.25, 0.3) is 0 Å². The quantitative estimate of drug-likeness (QED) is 0.307. The minimum Gasteiger partial charge on any atom is -0.480 e.